The molecule has 0 bridgehead atoms. The molecule has 0 radical (unpaired) electrons. The summed E-state index contributed by atoms with van der Waals surface area (Å²) in [5, 5.41) is 3.19. The lowest BCUT2D eigenvalue weighted by molar-refractivity contribution is -0.120. The first kappa shape index (κ1) is 20.5. The molecule has 1 saturated heterocycles. The Morgan fingerprint density at radius 3 is 2.52 bits per heavy atom. The molecule has 2 heterocycles. The van der Waals surface area contributed by atoms with Crippen LogP contribution in [0, 0.1) is 5.92 Å². The Balaban J connectivity index is 1.65. The molecule has 0 aliphatic carbocycles. The number of halogens is 3. The number of rotatable bonds is 4. The number of amides is 1. The number of sulfonamides is 1. The average molecular weight is 493 g/mol. The zero-order chi connectivity index (χ0) is 19.6. The molecule has 1 amide bonds. The van der Waals surface area contributed by atoms with Crippen molar-refractivity contribution in [3.05, 3.63) is 51.0 Å². The molecule has 3 rings (SSSR count). The maximum atomic E-state index is 12.8. The van der Waals surface area contributed by atoms with Gasteiger partial charge in [0.25, 0.3) is 0 Å². The van der Waals surface area contributed by atoms with Crippen LogP contribution in [0.1, 0.15) is 12.8 Å². The van der Waals surface area contributed by atoms with Crippen molar-refractivity contribution in [1.29, 1.82) is 0 Å². The summed E-state index contributed by atoms with van der Waals surface area (Å²) in [5.74, 6) is 0.0170. The molecular weight excluding hydrogens is 477 g/mol. The molecule has 1 N–H and O–H groups in total. The Kier molecular flexibility index (Phi) is 6.43. The van der Waals surface area contributed by atoms with Gasteiger partial charge in [0.1, 0.15) is 10.7 Å². The van der Waals surface area contributed by atoms with Crippen molar-refractivity contribution in [1.82, 2.24) is 9.29 Å². The van der Waals surface area contributed by atoms with E-state index in [2.05, 4.69) is 26.2 Å². The smallest absolute Gasteiger partial charge is 0.244 e. The summed E-state index contributed by atoms with van der Waals surface area (Å²) in [6, 6.07) is 7.82. The molecule has 0 spiro atoms. The minimum Gasteiger partial charge on any atom is -0.310 e. The van der Waals surface area contributed by atoms with Crippen LogP contribution in [0.3, 0.4) is 0 Å². The van der Waals surface area contributed by atoms with E-state index in [1.54, 1.807) is 18.3 Å². The summed E-state index contributed by atoms with van der Waals surface area (Å²) in [7, 11) is -3.76. The van der Waals surface area contributed by atoms with E-state index in [-0.39, 0.29) is 34.8 Å². The molecule has 0 saturated carbocycles. The first-order chi connectivity index (χ1) is 12.8. The minimum atomic E-state index is -3.76. The molecule has 1 aliphatic heterocycles. The predicted molar refractivity (Wildman–Crippen MR) is 109 cm³/mol. The van der Waals surface area contributed by atoms with Crippen LogP contribution >= 0.6 is 39.1 Å². The topological polar surface area (TPSA) is 79.4 Å². The van der Waals surface area contributed by atoms with Crippen molar-refractivity contribution in [2.75, 3.05) is 18.4 Å². The zero-order valence-corrected chi connectivity index (χ0v) is 17.9. The monoisotopic (exact) mass is 491 g/mol. The van der Waals surface area contributed by atoms with Gasteiger partial charge in [0.2, 0.25) is 15.9 Å². The van der Waals surface area contributed by atoms with Gasteiger partial charge in [-0.05, 0) is 59.1 Å². The van der Waals surface area contributed by atoms with Crippen molar-refractivity contribution in [3.8, 4) is 0 Å². The van der Waals surface area contributed by atoms with Crippen molar-refractivity contribution < 1.29 is 13.2 Å². The lowest BCUT2D eigenvalue weighted by atomic mass is 9.97. The highest BCUT2D eigenvalue weighted by Crippen LogP contribution is 2.30. The maximum absolute atomic E-state index is 12.8. The van der Waals surface area contributed by atoms with E-state index in [4.69, 9.17) is 23.2 Å². The van der Waals surface area contributed by atoms with Gasteiger partial charge < -0.3 is 5.32 Å². The fourth-order valence-corrected chi connectivity index (χ4v) is 5.29. The number of anilines is 1. The summed E-state index contributed by atoms with van der Waals surface area (Å²) in [6.07, 6.45) is 2.43. The molecule has 144 valence electrons. The Bertz CT molecular complexity index is 946. The van der Waals surface area contributed by atoms with Crippen LogP contribution in [0.2, 0.25) is 10.0 Å². The van der Waals surface area contributed by atoms with Crippen LogP contribution in [0.4, 0.5) is 5.82 Å². The second-order valence-corrected chi connectivity index (χ2v) is 9.77. The number of hydrogen-bond donors (Lipinski definition) is 1. The number of pyridine rings is 1. The van der Waals surface area contributed by atoms with Gasteiger partial charge in [0.15, 0.2) is 0 Å². The highest BCUT2D eigenvalue weighted by molar-refractivity contribution is 9.10. The van der Waals surface area contributed by atoms with Gasteiger partial charge in [0.05, 0.1) is 5.02 Å². The molecule has 6 nitrogen and oxygen atoms in total. The number of benzene rings is 1. The third-order valence-electron chi connectivity index (χ3n) is 4.31. The van der Waals surface area contributed by atoms with E-state index in [1.165, 1.54) is 22.5 Å². The second-order valence-electron chi connectivity index (χ2n) is 6.10. The van der Waals surface area contributed by atoms with Crippen molar-refractivity contribution in [2.24, 2.45) is 5.92 Å². The standard InChI is InChI=1S/C17H16BrCl2N3O3S/c18-12-1-4-16(21-10-12)22-17(24)11-5-7-23(8-6-11)27(25,26)15-9-13(19)2-3-14(15)20/h1-4,9-11H,5-8H2,(H,21,22,24). The molecule has 27 heavy (non-hydrogen) atoms. The number of hydrogen-bond acceptors (Lipinski definition) is 4. The van der Waals surface area contributed by atoms with Crippen LogP contribution in [0.5, 0.6) is 0 Å². The molecule has 0 unspecified atom stereocenters. The summed E-state index contributed by atoms with van der Waals surface area (Å²) < 4.78 is 27.8. The Labute approximate surface area is 176 Å². The van der Waals surface area contributed by atoms with Crippen molar-refractivity contribution in [3.63, 3.8) is 0 Å². The van der Waals surface area contributed by atoms with Gasteiger partial charge in [0, 0.05) is 34.7 Å². The molecule has 1 aliphatic rings. The summed E-state index contributed by atoms with van der Waals surface area (Å²) in [6.45, 7) is 0.466. The third-order valence-corrected chi connectivity index (χ3v) is 7.40. The molecule has 1 fully saturated rings. The summed E-state index contributed by atoms with van der Waals surface area (Å²) >= 11 is 15.2. The van der Waals surface area contributed by atoms with Crippen LogP contribution < -0.4 is 5.32 Å². The van der Waals surface area contributed by atoms with E-state index < -0.39 is 10.0 Å². The molecule has 1 aromatic carbocycles. The minimum absolute atomic E-state index is 0.0152. The van der Waals surface area contributed by atoms with Crippen LogP contribution in [-0.4, -0.2) is 36.7 Å². The average Bonchev–Trinajstić information content (AvgIpc) is 2.65. The summed E-state index contributed by atoms with van der Waals surface area (Å²) in [4.78, 5) is 16.5. The van der Waals surface area contributed by atoms with Crippen LogP contribution in [0.15, 0.2) is 45.9 Å². The highest BCUT2D eigenvalue weighted by atomic mass is 79.9. The number of carbonyl (C=O) groups is 1. The van der Waals surface area contributed by atoms with E-state index in [0.29, 0.717) is 23.7 Å². The van der Waals surface area contributed by atoms with Gasteiger partial charge in [-0.2, -0.15) is 4.31 Å². The SMILES string of the molecule is O=C(Nc1ccc(Br)cn1)C1CCN(S(=O)(=O)c2cc(Cl)ccc2Cl)CC1. The van der Waals surface area contributed by atoms with Crippen molar-refractivity contribution in [2.45, 2.75) is 17.7 Å². The number of piperidine rings is 1. The first-order valence-corrected chi connectivity index (χ1v) is 11.1. The Morgan fingerprint density at radius 1 is 1.19 bits per heavy atom. The van der Waals surface area contributed by atoms with Gasteiger partial charge in [-0.1, -0.05) is 23.2 Å². The number of nitrogens with zero attached hydrogens (tertiary/aromatic N) is 2. The van der Waals surface area contributed by atoms with Gasteiger partial charge in [-0.15, -0.1) is 0 Å². The fraction of sp³-hybridized carbons (Fsp3) is 0.294. The first-order valence-electron chi connectivity index (χ1n) is 8.15. The molecule has 2 aromatic rings. The Morgan fingerprint density at radius 2 is 1.89 bits per heavy atom. The van der Waals surface area contributed by atoms with Gasteiger partial charge in [-0.3, -0.25) is 4.79 Å². The van der Waals surface area contributed by atoms with Crippen LogP contribution in [-0.2, 0) is 14.8 Å². The fourth-order valence-electron chi connectivity index (χ4n) is 2.85. The summed E-state index contributed by atoms with van der Waals surface area (Å²) in [5.41, 5.74) is 0. The lowest BCUT2D eigenvalue weighted by Gasteiger charge is -2.30. The van der Waals surface area contributed by atoms with E-state index in [0.717, 1.165) is 4.47 Å². The quantitative estimate of drug-likeness (QED) is 0.693. The Hall–Kier alpha value is -1.19. The van der Waals surface area contributed by atoms with Gasteiger partial charge in [-0.25, -0.2) is 13.4 Å². The van der Waals surface area contributed by atoms with E-state index >= 15 is 0 Å². The van der Waals surface area contributed by atoms with E-state index in [9.17, 15) is 13.2 Å². The molecule has 0 atom stereocenters. The van der Waals surface area contributed by atoms with Crippen molar-refractivity contribution >= 4 is 60.9 Å². The molecule has 1 aromatic heterocycles. The van der Waals surface area contributed by atoms with Crippen LogP contribution in [0.25, 0.3) is 0 Å². The number of carbonyl (C=O) groups excluding carboxylic acids is 1. The molecule has 10 heteroatoms. The van der Waals surface area contributed by atoms with E-state index in [1.807, 2.05) is 0 Å². The maximum Gasteiger partial charge on any atom is 0.244 e. The number of aromatic nitrogens is 1. The predicted octanol–water partition coefficient (Wildman–Crippen LogP) is 4.19. The highest BCUT2D eigenvalue weighted by Gasteiger charge is 2.33. The van der Waals surface area contributed by atoms with Gasteiger partial charge >= 0.3 is 0 Å². The largest absolute Gasteiger partial charge is 0.310 e. The zero-order valence-electron chi connectivity index (χ0n) is 14.0. The second kappa shape index (κ2) is 8.45. The third kappa shape index (κ3) is 4.81. The lowest BCUT2D eigenvalue weighted by Crippen LogP contribution is -2.41. The normalized spacial score (nSPS) is 16.3. The number of nitrogens with one attached hydrogen (secondary N) is 1. The molecular formula is C17H16BrCl2N3O3S.